The number of benzene rings is 3. The van der Waals surface area contributed by atoms with Crippen LogP contribution in [0.15, 0.2) is 78.9 Å². The molecule has 1 amide bonds. The molecule has 0 aromatic heterocycles. The minimum atomic E-state index is -0.266. The first-order valence-corrected chi connectivity index (χ1v) is 12.0. The molecule has 0 atom stereocenters. The van der Waals surface area contributed by atoms with Crippen LogP contribution in [0.4, 0.5) is 11.4 Å². The fourth-order valence-electron chi connectivity index (χ4n) is 3.80. The second-order valence-electron chi connectivity index (χ2n) is 8.19. The quantitative estimate of drug-likeness (QED) is 0.327. The molecule has 0 aliphatic carbocycles. The fraction of sp³-hybridized carbons (Fsp3) is 0.241. The Labute approximate surface area is 211 Å². The molecule has 0 spiro atoms. The van der Waals surface area contributed by atoms with Gasteiger partial charge < -0.3 is 24.4 Å². The van der Waals surface area contributed by atoms with Crippen LogP contribution in [0.3, 0.4) is 0 Å². The molecule has 0 bridgehead atoms. The molecule has 7 nitrogen and oxygen atoms in total. The monoisotopic (exact) mass is 486 g/mol. The highest BCUT2D eigenvalue weighted by atomic mass is 16.5. The Morgan fingerprint density at radius 1 is 0.944 bits per heavy atom. The van der Waals surface area contributed by atoms with Gasteiger partial charge in [0, 0.05) is 30.0 Å². The van der Waals surface area contributed by atoms with Crippen molar-refractivity contribution in [2.24, 2.45) is 0 Å². The highest BCUT2D eigenvalue weighted by Crippen LogP contribution is 2.29. The molecule has 1 aliphatic rings. The van der Waals surface area contributed by atoms with Crippen molar-refractivity contribution in [3.05, 3.63) is 90.0 Å². The van der Waals surface area contributed by atoms with Crippen molar-refractivity contribution in [3.63, 3.8) is 0 Å². The molecule has 3 aromatic rings. The molecule has 186 valence electrons. The highest BCUT2D eigenvalue weighted by Gasteiger charge is 2.12. The first kappa shape index (κ1) is 25.0. The van der Waals surface area contributed by atoms with Gasteiger partial charge in [-0.15, -0.1) is 0 Å². The van der Waals surface area contributed by atoms with Gasteiger partial charge in [0.25, 0.3) is 5.91 Å². The number of amides is 1. The molecular formula is C29H30N2O5. The number of hydrogen-bond donors (Lipinski definition) is 1. The van der Waals surface area contributed by atoms with Gasteiger partial charge in [0.15, 0.2) is 23.9 Å². The Balaban J connectivity index is 1.36. The van der Waals surface area contributed by atoms with Crippen molar-refractivity contribution < 1.29 is 23.8 Å². The number of carbonyl (C=O) groups excluding carboxylic acids is 2. The van der Waals surface area contributed by atoms with E-state index in [1.54, 1.807) is 24.3 Å². The largest absolute Gasteiger partial charge is 0.490 e. The summed E-state index contributed by atoms with van der Waals surface area (Å²) in [7, 11) is 0. The van der Waals surface area contributed by atoms with E-state index in [0.717, 1.165) is 37.6 Å². The average molecular weight is 487 g/mol. The number of para-hydroxylation sites is 1. The Kier molecular flexibility index (Phi) is 8.72. The minimum absolute atomic E-state index is 0.0839. The van der Waals surface area contributed by atoms with Crippen LogP contribution in [0.1, 0.15) is 22.8 Å². The molecule has 1 N–H and O–H groups in total. The summed E-state index contributed by atoms with van der Waals surface area (Å²) in [5.41, 5.74) is 3.21. The number of nitrogens with one attached hydrogen (secondary N) is 1. The molecule has 4 rings (SSSR count). The average Bonchev–Trinajstić information content (AvgIpc) is 2.92. The minimum Gasteiger partial charge on any atom is -0.490 e. The number of nitrogens with zero attached hydrogens (tertiary/aromatic N) is 1. The van der Waals surface area contributed by atoms with E-state index in [1.807, 2.05) is 67.6 Å². The maximum Gasteiger partial charge on any atom is 0.262 e. The van der Waals surface area contributed by atoms with E-state index in [9.17, 15) is 9.59 Å². The Hall–Kier alpha value is -4.10. The number of allylic oxidation sites excluding steroid dienone is 1. The Morgan fingerprint density at radius 2 is 1.69 bits per heavy atom. The van der Waals surface area contributed by atoms with Crippen molar-refractivity contribution in [1.29, 1.82) is 0 Å². The number of anilines is 2. The molecule has 1 fully saturated rings. The van der Waals surface area contributed by atoms with Gasteiger partial charge in [0.2, 0.25) is 0 Å². The van der Waals surface area contributed by atoms with E-state index in [4.69, 9.17) is 14.2 Å². The van der Waals surface area contributed by atoms with E-state index in [-0.39, 0.29) is 18.3 Å². The lowest BCUT2D eigenvalue weighted by Gasteiger charge is -2.28. The summed E-state index contributed by atoms with van der Waals surface area (Å²) in [5.74, 6) is 0.619. The number of ether oxygens (including phenoxy) is 3. The number of morpholine rings is 1. The molecule has 1 saturated heterocycles. The van der Waals surface area contributed by atoms with Crippen LogP contribution in [0, 0.1) is 0 Å². The Morgan fingerprint density at radius 3 is 2.42 bits per heavy atom. The normalized spacial score (nSPS) is 13.4. The Bertz CT molecular complexity index is 1190. The van der Waals surface area contributed by atoms with Gasteiger partial charge in [0.1, 0.15) is 0 Å². The van der Waals surface area contributed by atoms with Crippen LogP contribution >= 0.6 is 0 Å². The molecule has 3 aromatic carbocycles. The lowest BCUT2D eigenvalue weighted by atomic mass is 10.1. The molecule has 1 aliphatic heterocycles. The number of rotatable bonds is 10. The third kappa shape index (κ3) is 6.96. The summed E-state index contributed by atoms with van der Waals surface area (Å²) < 4.78 is 16.8. The predicted molar refractivity (Wildman–Crippen MR) is 141 cm³/mol. The van der Waals surface area contributed by atoms with Crippen molar-refractivity contribution in [2.45, 2.75) is 6.92 Å². The highest BCUT2D eigenvalue weighted by molar-refractivity contribution is 6.07. The van der Waals surface area contributed by atoms with Crippen molar-refractivity contribution in [3.8, 4) is 11.5 Å². The SMILES string of the molecule is CCOc1cc(/C=C/C(=O)c2ccc(N3CCOCC3)cc2)ccc1OCC(=O)Nc1ccccc1. The number of ketones is 1. The van der Waals surface area contributed by atoms with Gasteiger partial charge in [-0.1, -0.05) is 30.3 Å². The van der Waals surface area contributed by atoms with Crippen LogP contribution in [-0.4, -0.2) is 51.2 Å². The lowest BCUT2D eigenvalue weighted by Crippen LogP contribution is -2.36. The molecular weight excluding hydrogens is 456 g/mol. The molecule has 0 saturated carbocycles. The summed E-state index contributed by atoms with van der Waals surface area (Å²) in [5, 5.41) is 2.78. The molecule has 36 heavy (non-hydrogen) atoms. The van der Waals surface area contributed by atoms with E-state index in [0.29, 0.717) is 29.4 Å². The van der Waals surface area contributed by atoms with Crippen LogP contribution in [0.5, 0.6) is 11.5 Å². The van der Waals surface area contributed by atoms with Crippen LogP contribution in [0.25, 0.3) is 6.08 Å². The fourth-order valence-corrected chi connectivity index (χ4v) is 3.80. The standard InChI is InChI=1S/C29H30N2O5/c1-2-35-28-20-22(9-15-27(28)36-21-29(33)30-24-6-4-3-5-7-24)8-14-26(32)23-10-12-25(13-11-23)31-16-18-34-19-17-31/h3-15,20H,2,16-19,21H2,1H3,(H,30,33)/b14-8+. The van der Waals surface area contributed by atoms with E-state index >= 15 is 0 Å². The predicted octanol–water partition coefficient (Wildman–Crippen LogP) is 4.84. The smallest absolute Gasteiger partial charge is 0.262 e. The summed E-state index contributed by atoms with van der Waals surface area (Å²) in [6.45, 7) is 5.31. The third-order valence-electron chi connectivity index (χ3n) is 5.64. The molecule has 0 unspecified atom stereocenters. The van der Waals surface area contributed by atoms with Crippen molar-refractivity contribution in [2.75, 3.05) is 49.7 Å². The maximum absolute atomic E-state index is 12.7. The van der Waals surface area contributed by atoms with Crippen LogP contribution in [-0.2, 0) is 9.53 Å². The molecule has 1 heterocycles. The van der Waals surface area contributed by atoms with Gasteiger partial charge in [-0.25, -0.2) is 0 Å². The van der Waals surface area contributed by atoms with E-state index in [1.165, 1.54) is 0 Å². The second-order valence-corrected chi connectivity index (χ2v) is 8.19. The third-order valence-corrected chi connectivity index (χ3v) is 5.64. The van der Waals surface area contributed by atoms with Gasteiger partial charge in [-0.3, -0.25) is 9.59 Å². The lowest BCUT2D eigenvalue weighted by molar-refractivity contribution is -0.118. The van der Waals surface area contributed by atoms with Gasteiger partial charge in [0.05, 0.1) is 19.8 Å². The summed E-state index contributed by atoms with van der Waals surface area (Å²) in [6.07, 6.45) is 3.29. The van der Waals surface area contributed by atoms with Gasteiger partial charge in [-0.05, 0) is 67.1 Å². The molecule has 0 radical (unpaired) electrons. The number of hydrogen-bond acceptors (Lipinski definition) is 6. The maximum atomic E-state index is 12.7. The van der Waals surface area contributed by atoms with E-state index < -0.39 is 0 Å². The van der Waals surface area contributed by atoms with Crippen molar-refractivity contribution in [1.82, 2.24) is 0 Å². The second kappa shape index (κ2) is 12.6. The van der Waals surface area contributed by atoms with Gasteiger partial charge in [-0.2, -0.15) is 0 Å². The topological polar surface area (TPSA) is 77.1 Å². The zero-order valence-corrected chi connectivity index (χ0v) is 20.3. The first-order chi connectivity index (χ1) is 17.6. The zero-order valence-electron chi connectivity index (χ0n) is 20.3. The molecule has 7 heteroatoms. The summed E-state index contributed by atoms with van der Waals surface area (Å²) in [6, 6.07) is 22.2. The summed E-state index contributed by atoms with van der Waals surface area (Å²) >= 11 is 0. The number of carbonyl (C=O) groups is 2. The van der Waals surface area contributed by atoms with Crippen molar-refractivity contribution >= 4 is 29.1 Å². The van der Waals surface area contributed by atoms with Crippen LogP contribution < -0.4 is 19.7 Å². The van der Waals surface area contributed by atoms with Crippen LogP contribution in [0.2, 0.25) is 0 Å². The summed E-state index contributed by atoms with van der Waals surface area (Å²) in [4.78, 5) is 27.1. The van der Waals surface area contributed by atoms with Gasteiger partial charge >= 0.3 is 0 Å². The van der Waals surface area contributed by atoms with E-state index in [2.05, 4.69) is 10.2 Å². The zero-order chi connectivity index (χ0) is 25.2. The first-order valence-electron chi connectivity index (χ1n) is 12.0.